The molecule has 0 radical (unpaired) electrons. The molecule has 0 aromatic heterocycles. The van der Waals surface area contributed by atoms with Crippen LogP contribution >= 0.6 is 23.2 Å². The highest BCUT2D eigenvalue weighted by molar-refractivity contribution is 6.42. The van der Waals surface area contributed by atoms with E-state index in [0.29, 0.717) is 21.5 Å². The Morgan fingerprint density at radius 1 is 1.17 bits per heavy atom. The van der Waals surface area contributed by atoms with Crippen molar-refractivity contribution in [2.45, 2.75) is 6.04 Å². The van der Waals surface area contributed by atoms with Gasteiger partial charge < -0.3 is 10.5 Å². The first kappa shape index (κ1) is 15.6. The summed E-state index contributed by atoms with van der Waals surface area (Å²) >= 11 is 12.0. The molecule has 2 aromatic carbocycles. The fourth-order valence-electron chi connectivity index (χ4n) is 2.49. The second-order valence-electron chi connectivity index (χ2n) is 4.97. The molecule has 5 nitrogen and oxygen atoms in total. The van der Waals surface area contributed by atoms with Crippen molar-refractivity contribution in [2.75, 3.05) is 12.0 Å². The molecule has 1 aliphatic heterocycles. The molecular formula is C16H13Cl2N3O2. The van der Waals surface area contributed by atoms with E-state index in [0.717, 1.165) is 5.56 Å². The zero-order chi connectivity index (χ0) is 16.6. The lowest BCUT2D eigenvalue weighted by molar-refractivity contribution is 0.255. The zero-order valence-corrected chi connectivity index (χ0v) is 13.7. The molecule has 23 heavy (non-hydrogen) atoms. The number of hydrogen-bond acceptors (Lipinski definition) is 3. The number of hydrogen-bond donors (Lipinski definition) is 1. The first-order valence-corrected chi connectivity index (χ1v) is 7.53. The summed E-state index contributed by atoms with van der Waals surface area (Å²) in [5.41, 5.74) is 7.34. The largest absolute Gasteiger partial charge is 0.497 e. The number of carbonyl (C=O) groups is 1. The maximum atomic E-state index is 12.3. The van der Waals surface area contributed by atoms with Crippen LogP contribution in [0.5, 0.6) is 5.75 Å². The fourth-order valence-corrected chi connectivity index (χ4v) is 2.79. The number of urea groups is 1. The zero-order valence-electron chi connectivity index (χ0n) is 12.2. The molecule has 1 atom stereocenters. The summed E-state index contributed by atoms with van der Waals surface area (Å²) in [5.74, 6) is 0.887. The van der Waals surface area contributed by atoms with Crippen LogP contribution < -0.4 is 15.4 Å². The number of benzene rings is 2. The summed E-state index contributed by atoms with van der Waals surface area (Å²) in [6.45, 7) is 0. The lowest BCUT2D eigenvalue weighted by Crippen LogP contribution is -2.33. The number of anilines is 1. The molecule has 2 aromatic rings. The number of carbonyl (C=O) groups excluding carboxylic acids is 1. The number of nitrogens with two attached hydrogens (primary N) is 1. The normalized spacial score (nSPS) is 17.3. The van der Waals surface area contributed by atoms with Gasteiger partial charge in [0.2, 0.25) is 0 Å². The van der Waals surface area contributed by atoms with E-state index in [1.807, 2.05) is 24.3 Å². The molecule has 0 saturated carbocycles. The van der Waals surface area contributed by atoms with Crippen LogP contribution in [0.3, 0.4) is 0 Å². The standard InChI is InChI=1S/C16H13Cl2N3O2/c1-23-11-4-2-3-9(7-11)14-15(19)20-16(22)21(14)10-5-6-12(17)13(18)8-10/h2-8,14H,1H3,(H2,19,20,22). The number of nitrogens with zero attached hydrogens (tertiary/aromatic N) is 2. The molecule has 0 bridgehead atoms. The number of ether oxygens (including phenoxy) is 1. The number of rotatable bonds is 3. The van der Waals surface area contributed by atoms with Crippen molar-refractivity contribution in [3.63, 3.8) is 0 Å². The van der Waals surface area contributed by atoms with Gasteiger partial charge in [-0.15, -0.1) is 0 Å². The van der Waals surface area contributed by atoms with Crippen LogP contribution in [0.1, 0.15) is 11.6 Å². The maximum Gasteiger partial charge on any atom is 0.350 e. The molecule has 2 N–H and O–H groups in total. The Balaban J connectivity index is 2.07. The van der Waals surface area contributed by atoms with Crippen LogP contribution in [0.15, 0.2) is 47.5 Å². The van der Waals surface area contributed by atoms with Gasteiger partial charge in [-0.05, 0) is 35.9 Å². The number of aliphatic imine (C=N–C) groups is 1. The molecular weight excluding hydrogens is 337 g/mol. The molecule has 7 heteroatoms. The Morgan fingerprint density at radius 2 is 1.96 bits per heavy atom. The van der Waals surface area contributed by atoms with Gasteiger partial charge in [-0.25, -0.2) is 4.79 Å². The van der Waals surface area contributed by atoms with Crippen molar-refractivity contribution in [2.24, 2.45) is 10.7 Å². The van der Waals surface area contributed by atoms with Gasteiger partial charge >= 0.3 is 6.03 Å². The van der Waals surface area contributed by atoms with Gasteiger partial charge in [0.25, 0.3) is 0 Å². The predicted molar refractivity (Wildman–Crippen MR) is 91.7 cm³/mol. The first-order chi connectivity index (χ1) is 11.0. The van der Waals surface area contributed by atoms with E-state index in [1.54, 1.807) is 25.3 Å². The van der Waals surface area contributed by atoms with Crippen molar-refractivity contribution < 1.29 is 9.53 Å². The summed E-state index contributed by atoms with van der Waals surface area (Å²) in [5, 5.41) is 0.765. The number of halogens is 2. The van der Waals surface area contributed by atoms with E-state index in [1.165, 1.54) is 4.90 Å². The highest BCUT2D eigenvalue weighted by atomic mass is 35.5. The maximum absolute atomic E-state index is 12.3. The molecule has 1 unspecified atom stereocenters. The van der Waals surface area contributed by atoms with Crippen molar-refractivity contribution in [3.05, 3.63) is 58.1 Å². The minimum atomic E-state index is -0.519. The Morgan fingerprint density at radius 3 is 2.65 bits per heavy atom. The second-order valence-corrected chi connectivity index (χ2v) is 5.78. The predicted octanol–water partition coefficient (Wildman–Crippen LogP) is 4.04. The van der Waals surface area contributed by atoms with Gasteiger partial charge in [-0.3, -0.25) is 4.90 Å². The van der Waals surface area contributed by atoms with E-state index in [-0.39, 0.29) is 5.84 Å². The van der Waals surface area contributed by atoms with Gasteiger partial charge in [0.1, 0.15) is 17.6 Å². The molecule has 0 spiro atoms. The van der Waals surface area contributed by atoms with Crippen LogP contribution in [0, 0.1) is 0 Å². The van der Waals surface area contributed by atoms with Crippen LogP contribution in [-0.4, -0.2) is 19.0 Å². The molecule has 2 amide bonds. The van der Waals surface area contributed by atoms with E-state index in [2.05, 4.69) is 4.99 Å². The van der Waals surface area contributed by atoms with Gasteiger partial charge in [0.15, 0.2) is 0 Å². The van der Waals surface area contributed by atoms with E-state index in [4.69, 9.17) is 33.7 Å². The fraction of sp³-hybridized carbons (Fsp3) is 0.125. The van der Waals surface area contributed by atoms with Gasteiger partial charge in [0.05, 0.1) is 17.2 Å². The summed E-state index contributed by atoms with van der Waals surface area (Å²) in [6, 6.07) is 11.3. The van der Waals surface area contributed by atoms with Crippen molar-refractivity contribution in [3.8, 4) is 5.75 Å². The third-order valence-corrected chi connectivity index (χ3v) is 4.30. The van der Waals surface area contributed by atoms with Crippen LogP contribution in [0.2, 0.25) is 10.0 Å². The molecule has 0 aliphatic carbocycles. The summed E-state index contributed by atoms with van der Waals surface area (Å²) in [4.78, 5) is 17.6. The highest BCUT2D eigenvalue weighted by Crippen LogP contribution is 2.36. The van der Waals surface area contributed by atoms with E-state index in [9.17, 15) is 4.79 Å². The second kappa shape index (κ2) is 6.10. The van der Waals surface area contributed by atoms with Gasteiger partial charge in [0, 0.05) is 5.69 Å². The van der Waals surface area contributed by atoms with Crippen molar-refractivity contribution in [1.29, 1.82) is 0 Å². The lowest BCUT2D eigenvalue weighted by Gasteiger charge is -2.25. The summed E-state index contributed by atoms with van der Waals surface area (Å²) in [7, 11) is 1.58. The van der Waals surface area contributed by atoms with Crippen LogP contribution in [-0.2, 0) is 0 Å². The third kappa shape index (κ3) is 2.85. The minimum absolute atomic E-state index is 0.217. The Labute approximate surface area is 143 Å². The molecule has 0 saturated heterocycles. The average Bonchev–Trinajstić information content (AvgIpc) is 2.84. The summed E-state index contributed by atoms with van der Waals surface area (Å²) < 4.78 is 5.23. The Hall–Kier alpha value is -2.24. The molecule has 118 valence electrons. The quantitative estimate of drug-likeness (QED) is 0.908. The molecule has 3 rings (SSSR count). The molecule has 0 fully saturated rings. The average molecular weight is 350 g/mol. The molecule has 1 aliphatic rings. The smallest absolute Gasteiger partial charge is 0.350 e. The first-order valence-electron chi connectivity index (χ1n) is 6.77. The Bertz CT molecular complexity index is 808. The third-order valence-electron chi connectivity index (χ3n) is 3.56. The van der Waals surface area contributed by atoms with E-state index >= 15 is 0 Å². The Kier molecular flexibility index (Phi) is 4.15. The number of amidine groups is 1. The van der Waals surface area contributed by atoms with Gasteiger partial charge in [-0.1, -0.05) is 35.3 Å². The van der Waals surface area contributed by atoms with Crippen molar-refractivity contribution in [1.82, 2.24) is 0 Å². The van der Waals surface area contributed by atoms with Gasteiger partial charge in [-0.2, -0.15) is 4.99 Å². The topological polar surface area (TPSA) is 67.9 Å². The monoisotopic (exact) mass is 349 g/mol. The highest BCUT2D eigenvalue weighted by Gasteiger charge is 2.36. The SMILES string of the molecule is COc1cccc(C2C(N)=NC(=O)N2c2ccc(Cl)c(Cl)c2)c1. The minimum Gasteiger partial charge on any atom is -0.497 e. The molecule has 1 heterocycles. The van der Waals surface area contributed by atoms with Crippen LogP contribution in [0.4, 0.5) is 10.5 Å². The van der Waals surface area contributed by atoms with Crippen LogP contribution in [0.25, 0.3) is 0 Å². The summed E-state index contributed by atoms with van der Waals surface area (Å²) in [6.07, 6.45) is 0. The number of amides is 2. The van der Waals surface area contributed by atoms with Crippen molar-refractivity contribution >= 4 is 40.8 Å². The number of methoxy groups -OCH3 is 1. The van der Waals surface area contributed by atoms with E-state index < -0.39 is 12.1 Å². The lowest BCUT2D eigenvalue weighted by atomic mass is 10.0.